The minimum atomic E-state index is -0.393. The third kappa shape index (κ3) is 2.30. The van der Waals surface area contributed by atoms with Crippen LogP contribution in [0.2, 0.25) is 0 Å². The number of H-pyrrole nitrogens is 1. The molecule has 1 aromatic carbocycles. The molecule has 0 atom stereocenters. The molecule has 0 saturated carbocycles. The molecule has 1 aromatic heterocycles. The van der Waals surface area contributed by atoms with Crippen LogP contribution >= 0.6 is 15.9 Å². The lowest BCUT2D eigenvalue weighted by atomic mass is 10.2. The van der Waals surface area contributed by atoms with Gasteiger partial charge in [-0.3, -0.25) is 9.89 Å². The van der Waals surface area contributed by atoms with E-state index in [2.05, 4.69) is 31.4 Å². The van der Waals surface area contributed by atoms with E-state index in [0.717, 1.165) is 0 Å². The van der Waals surface area contributed by atoms with Gasteiger partial charge in [0, 0.05) is 5.56 Å². The number of nitrogen functional groups attached to an aromatic ring is 1. The molecule has 0 radical (unpaired) electrons. The molecule has 0 aliphatic carbocycles. The molecular formula is C11H11BrN4O2. The summed E-state index contributed by atoms with van der Waals surface area (Å²) in [4.78, 5) is 11.9. The van der Waals surface area contributed by atoms with Crippen molar-refractivity contribution in [1.82, 2.24) is 10.2 Å². The second kappa shape index (κ2) is 4.69. The number of nitrogens with two attached hydrogens (primary N) is 1. The van der Waals surface area contributed by atoms with Crippen LogP contribution in [-0.4, -0.2) is 21.2 Å². The predicted octanol–water partition coefficient (Wildman–Crippen LogP) is 2.02. The Kier molecular flexibility index (Phi) is 3.24. The van der Waals surface area contributed by atoms with E-state index in [-0.39, 0.29) is 11.6 Å². The van der Waals surface area contributed by atoms with Gasteiger partial charge in [-0.15, -0.1) is 0 Å². The number of anilines is 2. The molecule has 0 aliphatic rings. The van der Waals surface area contributed by atoms with Crippen molar-refractivity contribution in [3.8, 4) is 5.75 Å². The van der Waals surface area contributed by atoms with Gasteiger partial charge in [0.1, 0.15) is 5.75 Å². The average Bonchev–Trinajstić information content (AvgIpc) is 2.64. The fraction of sp³-hybridized carbons (Fsp3) is 0.0909. The van der Waals surface area contributed by atoms with E-state index in [9.17, 15) is 9.90 Å². The van der Waals surface area contributed by atoms with Crippen LogP contribution in [0.4, 0.5) is 11.5 Å². The van der Waals surface area contributed by atoms with Gasteiger partial charge in [0.05, 0.1) is 15.9 Å². The van der Waals surface area contributed by atoms with Gasteiger partial charge in [0.2, 0.25) is 0 Å². The van der Waals surface area contributed by atoms with Crippen LogP contribution in [0.1, 0.15) is 16.1 Å². The lowest BCUT2D eigenvalue weighted by molar-refractivity contribution is 0.102. The Morgan fingerprint density at radius 3 is 2.83 bits per heavy atom. The van der Waals surface area contributed by atoms with Gasteiger partial charge >= 0.3 is 0 Å². The summed E-state index contributed by atoms with van der Waals surface area (Å²) in [5.41, 5.74) is 7.11. The molecule has 94 valence electrons. The molecular weight excluding hydrogens is 300 g/mol. The van der Waals surface area contributed by atoms with Crippen molar-refractivity contribution in [2.75, 3.05) is 11.1 Å². The molecule has 2 aromatic rings. The largest absolute Gasteiger partial charge is 0.507 e. The van der Waals surface area contributed by atoms with Crippen LogP contribution < -0.4 is 11.1 Å². The number of aromatic nitrogens is 2. The Morgan fingerprint density at radius 1 is 1.56 bits per heavy atom. The first-order chi connectivity index (χ1) is 8.49. The summed E-state index contributed by atoms with van der Waals surface area (Å²) in [6.45, 7) is 1.75. The number of amides is 1. The van der Waals surface area contributed by atoms with Gasteiger partial charge in [-0.25, -0.2) is 0 Å². The molecule has 18 heavy (non-hydrogen) atoms. The first kappa shape index (κ1) is 12.4. The Bertz CT molecular complexity index is 609. The summed E-state index contributed by atoms with van der Waals surface area (Å²) in [6.07, 6.45) is 0. The number of hydrogen-bond acceptors (Lipinski definition) is 4. The van der Waals surface area contributed by atoms with Crippen LogP contribution in [0.15, 0.2) is 22.7 Å². The third-order valence-corrected chi connectivity index (χ3v) is 3.11. The summed E-state index contributed by atoms with van der Waals surface area (Å²) in [5, 5.41) is 18.6. The van der Waals surface area contributed by atoms with E-state index in [1.165, 1.54) is 6.07 Å². The number of phenols is 1. The molecule has 7 heteroatoms. The van der Waals surface area contributed by atoms with E-state index in [0.29, 0.717) is 21.4 Å². The molecule has 0 aliphatic heterocycles. The maximum Gasteiger partial charge on any atom is 0.257 e. The number of rotatable bonds is 2. The third-order valence-electron chi connectivity index (χ3n) is 2.43. The minimum Gasteiger partial charge on any atom is -0.507 e. The van der Waals surface area contributed by atoms with Crippen LogP contribution in [0.5, 0.6) is 5.75 Å². The van der Waals surface area contributed by atoms with E-state index < -0.39 is 5.91 Å². The molecule has 1 heterocycles. The monoisotopic (exact) mass is 310 g/mol. The minimum absolute atomic E-state index is 0.00571. The number of carbonyl (C=O) groups is 1. The standard InChI is InChI=1S/C11H11BrN4O2/c1-5-9(13)10(16-15-5)14-11(18)6-2-3-7(12)8(17)4-6/h2-4,17H,13H2,1H3,(H2,14,15,16,18). The zero-order chi connectivity index (χ0) is 13.3. The Balaban J connectivity index is 2.22. The van der Waals surface area contributed by atoms with Crippen LogP contribution in [0.25, 0.3) is 0 Å². The molecule has 0 saturated heterocycles. The van der Waals surface area contributed by atoms with Crippen molar-refractivity contribution in [1.29, 1.82) is 0 Å². The quantitative estimate of drug-likeness (QED) is 0.681. The number of nitrogens with one attached hydrogen (secondary N) is 2. The van der Waals surface area contributed by atoms with Crippen LogP contribution in [0.3, 0.4) is 0 Å². The van der Waals surface area contributed by atoms with Crippen molar-refractivity contribution in [3.63, 3.8) is 0 Å². The number of halogens is 1. The fourth-order valence-electron chi connectivity index (χ4n) is 1.37. The van der Waals surface area contributed by atoms with Crippen molar-refractivity contribution >= 4 is 33.3 Å². The number of aryl methyl sites for hydroxylation is 1. The molecule has 0 spiro atoms. The number of phenolic OH excluding ortho intramolecular Hbond substituents is 1. The summed E-state index contributed by atoms with van der Waals surface area (Å²) in [5.74, 6) is -0.121. The molecule has 5 N–H and O–H groups in total. The van der Waals surface area contributed by atoms with Gasteiger partial charge in [-0.2, -0.15) is 5.10 Å². The number of aromatic hydroxyl groups is 1. The highest BCUT2D eigenvalue weighted by Crippen LogP contribution is 2.25. The van der Waals surface area contributed by atoms with Crippen molar-refractivity contribution < 1.29 is 9.90 Å². The average molecular weight is 311 g/mol. The first-order valence-corrected chi connectivity index (χ1v) is 5.88. The zero-order valence-electron chi connectivity index (χ0n) is 9.49. The molecule has 6 nitrogen and oxygen atoms in total. The smallest absolute Gasteiger partial charge is 0.257 e. The molecule has 2 rings (SSSR count). The zero-order valence-corrected chi connectivity index (χ0v) is 11.1. The predicted molar refractivity (Wildman–Crippen MR) is 71.5 cm³/mol. The van der Waals surface area contributed by atoms with Crippen molar-refractivity contribution in [3.05, 3.63) is 33.9 Å². The Hall–Kier alpha value is -2.02. The van der Waals surface area contributed by atoms with Crippen molar-refractivity contribution in [2.24, 2.45) is 0 Å². The van der Waals surface area contributed by atoms with E-state index in [1.807, 2.05) is 0 Å². The van der Waals surface area contributed by atoms with Crippen LogP contribution in [-0.2, 0) is 0 Å². The SMILES string of the molecule is Cc1[nH]nc(NC(=O)c2ccc(Br)c(O)c2)c1N. The lowest BCUT2D eigenvalue weighted by Gasteiger charge is -2.04. The fourth-order valence-corrected chi connectivity index (χ4v) is 1.61. The highest BCUT2D eigenvalue weighted by Gasteiger charge is 2.13. The molecule has 0 fully saturated rings. The van der Waals surface area contributed by atoms with Gasteiger partial charge in [0.15, 0.2) is 5.82 Å². The summed E-state index contributed by atoms with van der Waals surface area (Å²) < 4.78 is 0.522. The highest BCUT2D eigenvalue weighted by molar-refractivity contribution is 9.10. The number of benzene rings is 1. The summed E-state index contributed by atoms with van der Waals surface area (Å²) >= 11 is 3.14. The van der Waals surface area contributed by atoms with E-state index in [1.54, 1.807) is 19.1 Å². The second-order valence-electron chi connectivity index (χ2n) is 3.73. The Morgan fingerprint density at radius 2 is 2.28 bits per heavy atom. The van der Waals surface area contributed by atoms with Gasteiger partial charge < -0.3 is 16.2 Å². The number of hydrogen-bond donors (Lipinski definition) is 4. The topological polar surface area (TPSA) is 104 Å². The summed E-state index contributed by atoms with van der Waals surface area (Å²) in [6, 6.07) is 4.52. The summed E-state index contributed by atoms with van der Waals surface area (Å²) in [7, 11) is 0. The maximum atomic E-state index is 11.9. The number of carbonyl (C=O) groups excluding carboxylic acids is 1. The second-order valence-corrected chi connectivity index (χ2v) is 4.59. The van der Waals surface area contributed by atoms with Gasteiger partial charge in [0.25, 0.3) is 5.91 Å². The van der Waals surface area contributed by atoms with Gasteiger partial charge in [-0.05, 0) is 41.1 Å². The highest BCUT2D eigenvalue weighted by atomic mass is 79.9. The van der Waals surface area contributed by atoms with Crippen LogP contribution in [0, 0.1) is 6.92 Å². The molecule has 0 unspecified atom stereocenters. The Labute approximate surface area is 111 Å². The van der Waals surface area contributed by atoms with E-state index in [4.69, 9.17) is 5.73 Å². The lowest BCUT2D eigenvalue weighted by Crippen LogP contribution is -2.13. The van der Waals surface area contributed by atoms with Gasteiger partial charge in [-0.1, -0.05) is 0 Å². The van der Waals surface area contributed by atoms with E-state index >= 15 is 0 Å². The normalized spacial score (nSPS) is 10.3. The van der Waals surface area contributed by atoms with Crippen molar-refractivity contribution in [2.45, 2.75) is 6.92 Å². The first-order valence-electron chi connectivity index (χ1n) is 5.09. The molecule has 1 amide bonds. The molecule has 0 bridgehead atoms. The maximum absolute atomic E-state index is 11.9. The number of aromatic amines is 1. The number of nitrogens with zero attached hydrogens (tertiary/aromatic N) is 1.